The van der Waals surface area contributed by atoms with E-state index in [0.717, 1.165) is 0 Å². The second kappa shape index (κ2) is 5.99. The van der Waals surface area contributed by atoms with Crippen molar-refractivity contribution in [2.45, 2.75) is 6.29 Å². The van der Waals surface area contributed by atoms with Crippen molar-refractivity contribution in [2.75, 3.05) is 26.1 Å². The standard InChI is InChI=1S/C9H13N3O4/c1-15-9(16-2)6-11-8-4-3-7(5-10-8)12(13)14/h3-5,9H,6H2,1-2H3,(H,10,11). The predicted octanol–water partition coefficient (Wildman–Crippen LogP) is 1.02. The van der Waals surface area contributed by atoms with Crippen molar-refractivity contribution in [1.82, 2.24) is 4.98 Å². The van der Waals surface area contributed by atoms with E-state index in [1.807, 2.05) is 0 Å². The van der Waals surface area contributed by atoms with Crippen LogP contribution in [0.2, 0.25) is 0 Å². The maximum atomic E-state index is 10.4. The number of hydrogen-bond acceptors (Lipinski definition) is 6. The van der Waals surface area contributed by atoms with Crippen LogP contribution in [0.3, 0.4) is 0 Å². The van der Waals surface area contributed by atoms with Gasteiger partial charge in [0.05, 0.1) is 11.5 Å². The van der Waals surface area contributed by atoms with E-state index >= 15 is 0 Å². The van der Waals surface area contributed by atoms with Crippen LogP contribution >= 0.6 is 0 Å². The minimum absolute atomic E-state index is 0.0411. The van der Waals surface area contributed by atoms with Crippen molar-refractivity contribution in [3.05, 3.63) is 28.4 Å². The first kappa shape index (κ1) is 12.3. The van der Waals surface area contributed by atoms with Gasteiger partial charge in [0.1, 0.15) is 12.0 Å². The molecule has 0 spiro atoms. The van der Waals surface area contributed by atoms with Crippen LogP contribution in [-0.4, -0.2) is 37.0 Å². The third-order valence-corrected chi connectivity index (χ3v) is 1.93. The Morgan fingerprint density at radius 2 is 2.19 bits per heavy atom. The molecule has 0 aliphatic heterocycles. The topological polar surface area (TPSA) is 86.5 Å². The van der Waals surface area contributed by atoms with Gasteiger partial charge in [0.25, 0.3) is 5.69 Å². The summed E-state index contributed by atoms with van der Waals surface area (Å²) in [6.45, 7) is 0.414. The molecule has 0 unspecified atom stereocenters. The third-order valence-electron chi connectivity index (χ3n) is 1.93. The molecule has 0 fully saturated rings. The van der Waals surface area contributed by atoms with E-state index in [9.17, 15) is 10.1 Å². The largest absolute Gasteiger partial charge is 0.365 e. The van der Waals surface area contributed by atoms with Gasteiger partial charge in [-0.1, -0.05) is 0 Å². The Balaban J connectivity index is 2.52. The first-order chi connectivity index (χ1) is 7.67. The van der Waals surface area contributed by atoms with Crippen LogP contribution in [0.15, 0.2) is 18.3 Å². The van der Waals surface area contributed by atoms with Gasteiger partial charge >= 0.3 is 0 Å². The summed E-state index contributed by atoms with van der Waals surface area (Å²) in [7, 11) is 3.05. The number of nitro groups is 1. The van der Waals surface area contributed by atoms with Gasteiger partial charge in [-0.25, -0.2) is 4.98 Å². The summed E-state index contributed by atoms with van der Waals surface area (Å²) < 4.78 is 9.92. The van der Waals surface area contributed by atoms with Gasteiger partial charge in [0.2, 0.25) is 0 Å². The summed E-state index contributed by atoms with van der Waals surface area (Å²) in [5, 5.41) is 13.3. The van der Waals surface area contributed by atoms with E-state index in [1.165, 1.54) is 32.5 Å². The van der Waals surface area contributed by atoms with E-state index in [2.05, 4.69) is 10.3 Å². The average molecular weight is 227 g/mol. The molecular weight excluding hydrogens is 214 g/mol. The fraction of sp³-hybridized carbons (Fsp3) is 0.444. The van der Waals surface area contributed by atoms with Gasteiger partial charge in [-0.15, -0.1) is 0 Å². The highest BCUT2D eigenvalue weighted by Gasteiger charge is 2.07. The zero-order chi connectivity index (χ0) is 12.0. The first-order valence-corrected chi connectivity index (χ1v) is 4.57. The van der Waals surface area contributed by atoms with E-state index in [4.69, 9.17) is 9.47 Å². The molecular formula is C9H13N3O4. The lowest BCUT2D eigenvalue weighted by molar-refractivity contribution is -0.385. The lowest BCUT2D eigenvalue weighted by atomic mass is 10.4. The molecule has 0 aliphatic carbocycles. The van der Waals surface area contributed by atoms with Gasteiger partial charge in [0.15, 0.2) is 6.29 Å². The van der Waals surface area contributed by atoms with Crippen molar-refractivity contribution in [1.29, 1.82) is 0 Å². The number of aromatic nitrogens is 1. The quantitative estimate of drug-likeness (QED) is 0.443. The zero-order valence-electron chi connectivity index (χ0n) is 9.04. The highest BCUT2D eigenvalue weighted by Crippen LogP contribution is 2.11. The second-order valence-electron chi connectivity index (χ2n) is 2.94. The van der Waals surface area contributed by atoms with Gasteiger partial charge in [-0.2, -0.15) is 0 Å². The number of rotatable bonds is 6. The maximum absolute atomic E-state index is 10.4. The number of hydrogen-bond donors (Lipinski definition) is 1. The summed E-state index contributed by atoms with van der Waals surface area (Å²) in [5.74, 6) is 0.532. The molecule has 1 aromatic heterocycles. The van der Waals surface area contributed by atoms with Crippen LogP contribution in [0, 0.1) is 10.1 Å². The Kier molecular flexibility index (Phi) is 4.62. The fourth-order valence-corrected chi connectivity index (χ4v) is 1.05. The Morgan fingerprint density at radius 3 is 2.62 bits per heavy atom. The van der Waals surface area contributed by atoms with Crippen LogP contribution < -0.4 is 5.32 Å². The smallest absolute Gasteiger partial charge is 0.287 e. The van der Waals surface area contributed by atoms with Crippen LogP contribution in [0.25, 0.3) is 0 Å². The molecule has 7 heteroatoms. The van der Waals surface area contributed by atoms with Crippen molar-refractivity contribution in [3.63, 3.8) is 0 Å². The number of nitrogens with zero attached hydrogens (tertiary/aromatic N) is 2. The molecule has 1 aromatic rings. The van der Waals surface area contributed by atoms with E-state index in [1.54, 1.807) is 0 Å². The molecule has 1 rings (SSSR count). The Bertz CT molecular complexity index is 337. The van der Waals surface area contributed by atoms with Gasteiger partial charge < -0.3 is 14.8 Å². The molecule has 0 atom stereocenters. The summed E-state index contributed by atoms with van der Waals surface area (Å²) in [6, 6.07) is 2.91. The van der Waals surface area contributed by atoms with Crippen molar-refractivity contribution >= 4 is 11.5 Å². The summed E-state index contributed by atoms with van der Waals surface area (Å²) in [5.41, 5.74) is -0.0411. The Morgan fingerprint density at radius 1 is 1.50 bits per heavy atom. The van der Waals surface area contributed by atoms with E-state index in [0.29, 0.717) is 12.4 Å². The molecule has 1 N–H and O–H groups in total. The molecule has 0 aliphatic rings. The summed E-state index contributed by atoms with van der Waals surface area (Å²) >= 11 is 0. The number of pyridine rings is 1. The minimum Gasteiger partial charge on any atom is -0.365 e. The molecule has 0 radical (unpaired) electrons. The van der Waals surface area contributed by atoms with Gasteiger partial charge in [-0.05, 0) is 6.07 Å². The van der Waals surface area contributed by atoms with Crippen molar-refractivity contribution in [2.24, 2.45) is 0 Å². The molecule has 0 aromatic carbocycles. The average Bonchev–Trinajstić information content (AvgIpc) is 2.31. The molecule has 7 nitrogen and oxygen atoms in total. The van der Waals surface area contributed by atoms with E-state index < -0.39 is 4.92 Å². The normalized spacial score (nSPS) is 10.4. The molecule has 0 bridgehead atoms. The van der Waals surface area contributed by atoms with Crippen LogP contribution in [0.1, 0.15) is 0 Å². The number of methoxy groups -OCH3 is 2. The van der Waals surface area contributed by atoms with Crippen molar-refractivity contribution in [3.8, 4) is 0 Å². The molecule has 0 saturated heterocycles. The summed E-state index contributed by atoms with van der Waals surface area (Å²) in [6.07, 6.45) is 0.814. The zero-order valence-corrected chi connectivity index (χ0v) is 9.04. The molecule has 16 heavy (non-hydrogen) atoms. The highest BCUT2D eigenvalue weighted by molar-refractivity contribution is 5.39. The maximum Gasteiger partial charge on any atom is 0.287 e. The van der Waals surface area contributed by atoms with Gasteiger partial charge in [0, 0.05) is 20.3 Å². The van der Waals surface area contributed by atoms with E-state index in [-0.39, 0.29) is 12.0 Å². The SMILES string of the molecule is COC(CNc1ccc([N+](=O)[O-])cn1)OC. The van der Waals surface area contributed by atoms with Crippen molar-refractivity contribution < 1.29 is 14.4 Å². The van der Waals surface area contributed by atoms with Crippen LogP contribution in [0.5, 0.6) is 0 Å². The fourth-order valence-electron chi connectivity index (χ4n) is 1.05. The van der Waals surface area contributed by atoms with Gasteiger partial charge in [-0.3, -0.25) is 10.1 Å². The lowest BCUT2D eigenvalue weighted by Gasteiger charge is -2.13. The van der Waals surface area contributed by atoms with Crippen LogP contribution in [0.4, 0.5) is 11.5 Å². The molecule has 0 amide bonds. The Labute approximate surface area is 92.5 Å². The first-order valence-electron chi connectivity index (χ1n) is 4.57. The monoisotopic (exact) mass is 227 g/mol. The highest BCUT2D eigenvalue weighted by atomic mass is 16.7. The molecule has 88 valence electrons. The molecule has 0 saturated carbocycles. The molecule has 1 heterocycles. The van der Waals surface area contributed by atoms with Crippen LogP contribution in [-0.2, 0) is 9.47 Å². The number of ether oxygens (including phenoxy) is 2. The lowest BCUT2D eigenvalue weighted by Crippen LogP contribution is -2.23. The predicted molar refractivity (Wildman–Crippen MR) is 57.2 cm³/mol. The second-order valence-corrected chi connectivity index (χ2v) is 2.94. The number of nitrogens with one attached hydrogen (secondary N) is 1. The third kappa shape index (κ3) is 3.44. The minimum atomic E-state index is -0.496. The Hall–Kier alpha value is -1.73. The number of anilines is 1. The summed E-state index contributed by atoms with van der Waals surface area (Å²) in [4.78, 5) is 13.8.